The highest BCUT2D eigenvalue weighted by molar-refractivity contribution is 5.83. The van der Waals surface area contributed by atoms with Crippen molar-refractivity contribution >= 4 is 17.8 Å². The van der Waals surface area contributed by atoms with Gasteiger partial charge in [-0.25, -0.2) is 4.79 Å². The van der Waals surface area contributed by atoms with Crippen LogP contribution >= 0.6 is 0 Å². The van der Waals surface area contributed by atoms with Crippen molar-refractivity contribution in [1.29, 1.82) is 0 Å². The third kappa shape index (κ3) is 5.86. The molecule has 138 valence electrons. The van der Waals surface area contributed by atoms with Gasteiger partial charge in [-0.1, -0.05) is 30.3 Å². The first-order chi connectivity index (χ1) is 11.6. The normalized spacial score (nSPS) is 21.3. The van der Waals surface area contributed by atoms with Crippen molar-refractivity contribution < 1.29 is 19.5 Å². The molecule has 7 nitrogen and oxygen atoms in total. The molecule has 1 aliphatic rings. The summed E-state index contributed by atoms with van der Waals surface area (Å²) in [4.78, 5) is 36.6. The van der Waals surface area contributed by atoms with Crippen molar-refractivity contribution in [2.75, 3.05) is 14.1 Å². The molecular formula is C18H27N3O4. The number of hydrogen-bond acceptors (Lipinski definition) is 4. The van der Waals surface area contributed by atoms with Gasteiger partial charge in [0.05, 0.1) is 12.2 Å². The largest absolute Gasteiger partial charge is 0.480 e. The van der Waals surface area contributed by atoms with E-state index < -0.39 is 12.0 Å². The first-order valence-electron chi connectivity index (χ1n) is 8.17. The zero-order valence-corrected chi connectivity index (χ0v) is 15.4. The number of likely N-dealkylation sites (N-methyl/N-ethyl adjacent to an activating group) is 2. The van der Waals surface area contributed by atoms with Crippen molar-refractivity contribution in [1.82, 2.24) is 15.1 Å². The van der Waals surface area contributed by atoms with Gasteiger partial charge in [-0.3, -0.25) is 14.5 Å². The molecule has 7 heteroatoms. The van der Waals surface area contributed by atoms with Gasteiger partial charge < -0.3 is 15.3 Å². The van der Waals surface area contributed by atoms with Crippen molar-refractivity contribution in [3.8, 4) is 0 Å². The van der Waals surface area contributed by atoms with Gasteiger partial charge in [0.2, 0.25) is 11.8 Å². The number of carboxylic acids is 1. The fourth-order valence-corrected chi connectivity index (χ4v) is 2.55. The second kappa shape index (κ2) is 9.17. The van der Waals surface area contributed by atoms with Crippen molar-refractivity contribution in [3.63, 3.8) is 0 Å². The lowest BCUT2D eigenvalue weighted by Gasteiger charge is -2.20. The second-order valence-corrected chi connectivity index (χ2v) is 6.20. The van der Waals surface area contributed by atoms with Crippen LogP contribution in [-0.2, 0) is 20.8 Å². The van der Waals surface area contributed by atoms with E-state index in [-0.39, 0.29) is 24.0 Å². The molecule has 1 fully saturated rings. The van der Waals surface area contributed by atoms with E-state index in [0.717, 1.165) is 5.56 Å². The maximum Gasteiger partial charge on any atom is 0.326 e. The fourth-order valence-electron chi connectivity index (χ4n) is 2.55. The number of nitrogens with zero attached hydrogens (tertiary/aromatic N) is 2. The lowest BCUT2D eigenvalue weighted by atomic mass is 10.1. The van der Waals surface area contributed by atoms with Gasteiger partial charge in [0.25, 0.3) is 0 Å². The van der Waals surface area contributed by atoms with Crippen LogP contribution in [0.2, 0.25) is 0 Å². The van der Waals surface area contributed by atoms with Crippen LogP contribution in [0, 0.1) is 0 Å². The molecule has 0 radical (unpaired) electrons. The highest BCUT2D eigenvalue weighted by Crippen LogP contribution is 2.16. The number of carboxylic acid groups (broad SMARTS) is 1. The number of benzene rings is 1. The lowest BCUT2D eigenvalue weighted by Crippen LogP contribution is -2.41. The third-order valence-corrected chi connectivity index (χ3v) is 4.42. The molecule has 25 heavy (non-hydrogen) atoms. The Morgan fingerprint density at radius 3 is 2.08 bits per heavy atom. The smallest absolute Gasteiger partial charge is 0.326 e. The van der Waals surface area contributed by atoms with Gasteiger partial charge >= 0.3 is 5.97 Å². The van der Waals surface area contributed by atoms with Crippen LogP contribution in [-0.4, -0.2) is 65.0 Å². The summed E-state index contributed by atoms with van der Waals surface area (Å²) in [7, 11) is 3.81. The predicted octanol–water partition coefficient (Wildman–Crippen LogP) is 0.943. The molecule has 0 bridgehead atoms. The zero-order valence-electron chi connectivity index (χ0n) is 15.4. The van der Waals surface area contributed by atoms with Gasteiger partial charge in [-0.2, -0.15) is 0 Å². The average Bonchev–Trinajstić information content (AvgIpc) is 2.73. The highest BCUT2D eigenvalue weighted by atomic mass is 16.4. The molecular weight excluding hydrogens is 322 g/mol. The van der Waals surface area contributed by atoms with Crippen LogP contribution in [0.3, 0.4) is 0 Å². The minimum Gasteiger partial charge on any atom is -0.480 e. The molecule has 0 saturated carbocycles. The van der Waals surface area contributed by atoms with E-state index in [1.54, 1.807) is 4.90 Å². The van der Waals surface area contributed by atoms with E-state index in [4.69, 9.17) is 5.11 Å². The molecule has 0 aromatic heterocycles. The van der Waals surface area contributed by atoms with E-state index in [1.807, 2.05) is 58.3 Å². The van der Waals surface area contributed by atoms with Crippen LogP contribution in [0.5, 0.6) is 0 Å². The summed E-state index contributed by atoms with van der Waals surface area (Å²) in [5.41, 5.74) is 0.888. The van der Waals surface area contributed by atoms with Gasteiger partial charge in [0.1, 0.15) is 6.04 Å². The summed E-state index contributed by atoms with van der Waals surface area (Å²) >= 11 is 0. The average molecular weight is 349 g/mol. The SMILES string of the molecule is CC(=O)NC(Cc1ccccc1)C(=O)O.CC1C(=O)N(C)C(C)N1C. The number of aliphatic carboxylic acids is 1. The molecule has 1 aromatic carbocycles. The quantitative estimate of drug-likeness (QED) is 0.844. The van der Waals surface area contributed by atoms with Crippen molar-refractivity contribution in [3.05, 3.63) is 35.9 Å². The maximum absolute atomic E-state index is 11.2. The molecule has 1 heterocycles. The number of rotatable bonds is 4. The summed E-state index contributed by atoms with van der Waals surface area (Å²) in [6, 6.07) is 8.39. The summed E-state index contributed by atoms with van der Waals surface area (Å²) in [5.74, 6) is -1.14. The monoisotopic (exact) mass is 349 g/mol. The Hall–Kier alpha value is -2.41. The lowest BCUT2D eigenvalue weighted by molar-refractivity contribution is -0.141. The minimum absolute atomic E-state index is 0.0556. The Labute approximate surface area is 148 Å². The van der Waals surface area contributed by atoms with Gasteiger partial charge in [-0.15, -0.1) is 0 Å². The third-order valence-electron chi connectivity index (χ3n) is 4.42. The Kier molecular flexibility index (Phi) is 7.57. The fraction of sp³-hybridized carbons (Fsp3) is 0.500. The Morgan fingerprint density at radius 1 is 1.20 bits per heavy atom. The second-order valence-electron chi connectivity index (χ2n) is 6.20. The van der Waals surface area contributed by atoms with E-state index in [0.29, 0.717) is 6.42 Å². The minimum atomic E-state index is -1.02. The van der Waals surface area contributed by atoms with Crippen LogP contribution in [0.1, 0.15) is 26.3 Å². The van der Waals surface area contributed by atoms with Crippen molar-refractivity contribution in [2.45, 2.75) is 45.4 Å². The maximum atomic E-state index is 11.2. The van der Waals surface area contributed by atoms with Gasteiger partial charge in [-0.05, 0) is 26.5 Å². The molecule has 3 unspecified atom stereocenters. The van der Waals surface area contributed by atoms with Crippen LogP contribution in [0.25, 0.3) is 0 Å². The molecule has 1 aliphatic heterocycles. The number of carbonyl (C=O) groups excluding carboxylic acids is 2. The standard InChI is InChI=1S/C11H13NO3.C7H14N2O/c1-8(13)12-10(11(14)15)7-9-5-3-2-4-6-9;1-5-7(10)9(4)6(2)8(5)3/h2-6,10H,7H2,1H3,(H,12,13)(H,14,15);5-6H,1-4H3. The molecule has 2 rings (SSSR count). The molecule has 2 N–H and O–H groups in total. The summed E-state index contributed by atoms with van der Waals surface area (Å²) in [6.07, 6.45) is 0.554. The molecule has 0 aliphatic carbocycles. The number of amides is 2. The van der Waals surface area contributed by atoms with Crippen LogP contribution in [0.15, 0.2) is 30.3 Å². The van der Waals surface area contributed by atoms with Gasteiger partial charge in [0.15, 0.2) is 0 Å². The van der Waals surface area contributed by atoms with Crippen LogP contribution in [0.4, 0.5) is 0 Å². The van der Waals surface area contributed by atoms with E-state index >= 15 is 0 Å². The number of carbonyl (C=O) groups is 3. The molecule has 3 atom stereocenters. The van der Waals surface area contributed by atoms with E-state index in [9.17, 15) is 14.4 Å². The highest BCUT2D eigenvalue weighted by Gasteiger charge is 2.35. The number of nitrogens with one attached hydrogen (secondary N) is 1. The Balaban J connectivity index is 0.000000271. The van der Waals surface area contributed by atoms with E-state index in [2.05, 4.69) is 10.2 Å². The van der Waals surface area contributed by atoms with E-state index in [1.165, 1.54) is 6.92 Å². The molecule has 1 aromatic rings. The van der Waals surface area contributed by atoms with Crippen molar-refractivity contribution in [2.24, 2.45) is 0 Å². The summed E-state index contributed by atoms with van der Waals surface area (Å²) in [5, 5.41) is 11.3. The molecule has 0 spiro atoms. The topological polar surface area (TPSA) is 89.9 Å². The zero-order chi connectivity index (χ0) is 19.1. The summed E-state index contributed by atoms with van der Waals surface area (Å²) < 4.78 is 0. The predicted molar refractivity (Wildman–Crippen MR) is 94.8 cm³/mol. The Bertz CT molecular complexity index is 590. The first kappa shape index (κ1) is 20.6. The molecule has 1 saturated heterocycles. The van der Waals surface area contributed by atoms with Crippen LogP contribution < -0.4 is 5.32 Å². The number of hydrogen-bond donors (Lipinski definition) is 2. The molecule has 2 amide bonds. The Morgan fingerprint density at radius 2 is 1.76 bits per heavy atom. The first-order valence-corrected chi connectivity index (χ1v) is 8.17. The summed E-state index contributed by atoms with van der Waals surface area (Å²) in [6.45, 7) is 5.27. The van der Waals surface area contributed by atoms with Gasteiger partial charge in [0, 0.05) is 20.4 Å².